The maximum atomic E-state index is 12.6. The number of alkyl halides is 3. The second-order valence-corrected chi connectivity index (χ2v) is 4.26. The topological polar surface area (TPSA) is 49.4 Å². The first-order valence-electron chi connectivity index (χ1n) is 5.57. The van der Waals surface area contributed by atoms with Crippen molar-refractivity contribution in [3.8, 4) is 0 Å². The summed E-state index contributed by atoms with van der Waals surface area (Å²) in [5, 5.41) is 2.42. The summed E-state index contributed by atoms with van der Waals surface area (Å²) in [5.41, 5.74) is -0.780. The van der Waals surface area contributed by atoms with Gasteiger partial charge in [0.2, 0.25) is 11.8 Å². The molecule has 1 atom stereocenters. The molecule has 102 valence electrons. The van der Waals surface area contributed by atoms with E-state index < -0.39 is 29.6 Å². The molecule has 0 aliphatic carbocycles. The average molecular weight is 272 g/mol. The van der Waals surface area contributed by atoms with Crippen LogP contribution < -0.4 is 10.2 Å². The molecule has 2 rings (SSSR count). The molecule has 0 saturated carbocycles. The number of piperazine rings is 1. The molecule has 1 heterocycles. The van der Waals surface area contributed by atoms with Crippen LogP contribution in [0.2, 0.25) is 0 Å². The highest BCUT2D eigenvalue weighted by Crippen LogP contribution is 2.32. The zero-order valence-electron chi connectivity index (χ0n) is 9.99. The van der Waals surface area contributed by atoms with Gasteiger partial charge >= 0.3 is 6.18 Å². The van der Waals surface area contributed by atoms with E-state index in [2.05, 4.69) is 5.32 Å². The molecule has 19 heavy (non-hydrogen) atoms. The number of hydrogen-bond donors (Lipinski definition) is 1. The third kappa shape index (κ3) is 2.69. The van der Waals surface area contributed by atoms with Gasteiger partial charge in [0.1, 0.15) is 12.6 Å². The van der Waals surface area contributed by atoms with Crippen LogP contribution in [0.1, 0.15) is 12.5 Å². The van der Waals surface area contributed by atoms with Crippen molar-refractivity contribution < 1.29 is 22.8 Å². The van der Waals surface area contributed by atoms with Crippen molar-refractivity contribution in [2.45, 2.75) is 19.1 Å². The molecule has 1 aromatic rings. The lowest BCUT2D eigenvalue weighted by Crippen LogP contribution is -2.57. The highest BCUT2D eigenvalue weighted by molar-refractivity contribution is 6.06. The second-order valence-electron chi connectivity index (χ2n) is 4.26. The number of amides is 2. The van der Waals surface area contributed by atoms with Gasteiger partial charge in [-0.15, -0.1) is 0 Å². The molecule has 2 amide bonds. The molecule has 0 bridgehead atoms. The molecule has 0 aromatic heterocycles. The number of halogens is 3. The van der Waals surface area contributed by atoms with Crippen LogP contribution in [-0.4, -0.2) is 24.4 Å². The van der Waals surface area contributed by atoms with Crippen molar-refractivity contribution in [2.24, 2.45) is 0 Å². The number of hydrogen-bond acceptors (Lipinski definition) is 2. The van der Waals surface area contributed by atoms with E-state index >= 15 is 0 Å². The quantitative estimate of drug-likeness (QED) is 0.843. The number of nitrogens with zero attached hydrogens (tertiary/aromatic N) is 1. The predicted molar refractivity (Wildman–Crippen MR) is 61.4 cm³/mol. The molecular formula is C12H11F3N2O2. The van der Waals surface area contributed by atoms with Crippen LogP contribution in [0.4, 0.5) is 18.9 Å². The van der Waals surface area contributed by atoms with E-state index in [9.17, 15) is 22.8 Å². The van der Waals surface area contributed by atoms with Crippen LogP contribution in [0.3, 0.4) is 0 Å². The lowest BCUT2D eigenvalue weighted by atomic mass is 10.1. The molecule has 0 radical (unpaired) electrons. The summed E-state index contributed by atoms with van der Waals surface area (Å²) < 4.78 is 37.8. The molecule has 1 unspecified atom stereocenters. The zero-order chi connectivity index (χ0) is 14.2. The first-order chi connectivity index (χ1) is 8.79. The number of nitrogens with one attached hydrogen (secondary N) is 1. The molecule has 1 saturated heterocycles. The Kier molecular flexibility index (Phi) is 3.21. The van der Waals surface area contributed by atoms with E-state index in [0.717, 1.165) is 17.0 Å². The lowest BCUT2D eigenvalue weighted by Gasteiger charge is -2.31. The van der Waals surface area contributed by atoms with Gasteiger partial charge in [0.25, 0.3) is 0 Å². The Morgan fingerprint density at radius 1 is 1.32 bits per heavy atom. The molecule has 0 spiro atoms. The summed E-state index contributed by atoms with van der Waals surface area (Å²) in [6.07, 6.45) is -4.48. The number of rotatable bonds is 1. The molecule has 1 aliphatic rings. The highest BCUT2D eigenvalue weighted by atomic mass is 19.4. The third-order valence-corrected chi connectivity index (χ3v) is 2.80. The van der Waals surface area contributed by atoms with E-state index in [1.165, 1.54) is 19.1 Å². The summed E-state index contributed by atoms with van der Waals surface area (Å²) in [6.45, 7) is 1.21. The monoisotopic (exact) mass is 272 g/mol. The Morgan fingerprint density at radius 3 is 2.63 bits per heavy atom. The Labute approximate surface area is 107 Å². The van der Waals surface area contributed by atoms with E-state index in [1.807, 2.05) is 0 Å². The van der Waals surface area contributed by atoms with Crippen LogP contribution in [0, 0.1) is 0 Å². The maximum absolute atomic E-state index is 12.6. The second kappa shape index (κ2) is 4.56. The first kappa shape index (κ1) is 13.4. The van der Waals surface area contributed by atoms with Gasteiger partial charge < -0.3 is 10.2 Å². The average Bonchev–Trinajstić information content (AvgIpc) is 2.33. The smallest absolute Gasteiger partial charge is 0.343 e. The number of carbonyl (C=O) groups excluding carboxylic acids is 2. The molecule has 7 heteroatoms. The number of anilines is 1. The van der Waals surface area contributed by atoms with Gasteiger partial charge in [0.05, 0.1) is 5.56 Å². The summed E-state index contributed by atoms with van der Waals surface area (Å²) >= 11 is 0. The SMILES string of the molecule is CC1NC(=O)CN(c2cccc(C(F)(F)F)c2)C1=O. The fourth-order valence-corrected chi connectivity index (χ4v) is 1.87. The van der Waals surface area contributed by atoms with Gasteiger partial charge in [-0.25, -0.2) is 0 Å². The summed E-state index contributed by atoms with van der Waals surface area (Å²) in [6, 6.07) is 3.63. The van der Waals surface area contributed by atoms with Crippen LogP contribution in [-0.2, 0) is 15.8 Å². The van der Waals surface area contributed by atoms with Crippen molar-refractivity contribution in [3.05, 3.63) is 29.8 Å². The standard InChI is InChI=1S/C12H11F3N2O2/c1-7-11(19)17(6-10(18)16-7)9-4-2-3-8(5-9)12(13,14)15/h2-5,7H,6H2,1H3,(H,16,18). The Morgan fingerprint density at radius 2 is 2.00 bits per heavy atom. The van der Waals surface area contributed by atoms with Crippen molar-refractivity contribution in [1.29, 1.82) is 0 Å². The normalized spacial score (nSPS) is 20.4. The summed E-state index contributed by atoms with van der Waals surface area (Å²) in [4.78, 5) is 24.3. The minimum atomic E-state index is -4.48. The third-order valence-electron chi connectivity index (χ3n) is 2.80. The molecule has 1 aliphatic heterocycles. The van der Waals surface area contributed by atoms with Gasteiger partial charge in [-0.2, -0.15) is 13.2 Å². The minimum absolute atomic E-state index is 0.0709. The van der Waals surface area contributed by atoms with Crippen LogP contribution in [0.25, 0.3) is 0 Å². The minimum Gasteiger partial charge on any atom is -0.343 e. The number of carbonyl (C=O) groups is 2. The fraction of sp³-hybridized carbons (Fsp3) is 0.333. The Hall–Kier alpha value is -2.05. The molecular weight excluding hydrogens is 261 g/mol. The molecule has 1 fully saturated rings. The van der Waals surface area contributed by atoms with Gasteiger partial charge in [-0.1, -0.05) is 6.07 Å². The van der Waals surface area contributed by atoms with Crippen molar-refractivity contribution in [3.63, 3.8) is 0 Å². The largest absolute Gasteiger partial charge is 0.416 e. The fourth-order valence-electron chi connectivity index (χ4n) is 1.87. The van der Waals surface area contributed by atoms with Gasteiger partial charge in [0, 0.05) is 5.69 Å². The highest BCUT2D eigenvalue weighted by Gasteiger charge is 2.34. The van der Waals surface area contributed by atoms with Gasteiger partial charge in [-0.05, 0) is 25.1 Å². The van der Waals surface area contributed by atoms with Crippen molar-refractivity contribution >= 4 is 17.5 Å². The maximum Gasteiger partial charge on any atom is 0.416 e. The Bertz CT molecular complexity index is 528. The predicted octanol–water partition coefficient (Wildman–Crippen LogP) is 1.56. The Balaban J connectivity index is 2.36. The zero-order valence-corrected chi connectivity index (χ0v) is 9.99. The summed E-state index contributed by atoms with van der Waals surface area (Å²) in [7, 11) is 0. The van der Waals surface area contributed by atoms with Crippen LogP contribution >= 0.6 is 0 Å². The van der Waals surface area contributed by atoms with Gasteiger partial charge in [-0.3, -0.25) is 9.59 Å². The summed E-state index contributed by atoms with van der Waals surface area (Å²) in [5.74, 6) is -0.830. The molecule has 1 N–H and O–H groups in total. The molecule has 4 nitrogen and oxygen atoms in total. The van der Waals surface area contributed by atoms with Crippen molar-refractivity contribution in [1.82, 2.24) is 5.32 Å². The van der Waals surface area contributed by atoms with Crippen LogP contribution in [0.15, 0.2) is 24.3 Å². The lowest BCUT2D eigenvalue weighted by molar-refractivity contribution is -0.137. The first-order valence-corrected chi connectivity index (χ1v) is 5.57. The number of benzene rings is 1. The van der Waals surface area contributed by atoms with Crippen molar-refractivity contribution in [2.75, 3.05) is 11.4 Å². The van der Waals surface area contributed by atoms with E-state index in [1.54, 1.807) is 0 Å². The van der Waals surface area contributed by atoms with E-state index in [4.69, 9.17) is 0 Å². The van der Waals surface area contributed by atoms with Crippen LogP contribution in [0.5, 0.6) is 0 Å². The molecule has 1 aromatic carbocycles. The van der Waals surface area contributed by atoms with E-state index in [0.29, 0.717) is 0 Å². The van der Waals surface area contributed by atoms with Gasteiger partial charge in [0.15, 0.2) is 0 Å². The van der Waals surface area contributed by atoms with E-state index in [-0.39, 0.29) is 12.2 Å².